The van der Waals surface area contributed by atoms with Crippen molar-refractivity contribution in [2.75, 3.05) is 18.5 Å². The van der Waals surface area contributed by atoms with E-state index in [0.29, 0.717) is 5.92 Å². The molecule has 4 aromatic carbocycles. The van der Waals surface area contributed by atoms with Gasteiger partial charge in [0.25, 0.3) is 0 Å². The molecule has 0 spiro atoms. The molecule has 0 fully saturated rings. The molecule has 4 aromatic rings. The Morgan fingerprint density at radius 3 is 1.47 bits per heavy atom. The van der Waals surface area contributed by atoms with Crippen LogP contribution in [0.2, 0.25) is 0 Å². The molecule has 5 rings (SSSR count). The minimum absolute atomic E-state index is 0.589. The van der Waals surface area contributed by atoms with Crippen LogP contribution in [0.5, 0.6) is 0 Å². The van der Waals surface area contributed by atoms with Crippen LogP contribution in [0.3, 0.4) is 0 Å². The maximum atomic E-state index is 2.58. The van der Waals surface area contributed by atoms with Gasteiger partial charge in [-0.2, -0.15) is 0 Å². The van der Waals surface area contributed by atoms with Crippen LogP contribution in [0.1, 0.15) is 71.6 Å². The molecule has 0 N–H and O–H groups in total. The second-order valence-electron chi connectivity index (χ2n) is 14.3. The van der Waals surface area contributed by atoms with E-state index in [1.165, 1.54) is 92.2 Å². The number of hydrogen-bond acceptors (Lipinski definition) is 0. The van der Waals surface area contributed by atoms with Gasteiger partial charge in [-0.25, -0.2) is 0 Å². The van der Waals surface area contributed by atoms with Crippen LogP contribution in [0.4, 0.5) is 0 Å². The van der Waals surface area contributed by atoms with Crippen molar-refractivity contribution in [2.45, 2.75) is 71.6 Å². The molecular weight excluding hydrogens is 626 g/mol. The molecule has 2 heteroatoms. The number of hydrogen-bond donors (Lipinski definition) is 0. The van der Waals surface area contributed by atoms with Crippen LogP contribution < -0.4 is 21.2 Å². The average Bonchev–Trinajstić information content (AvgIpc) is 3.16. The fraction of sp³-hybridized carbons (Fsp3) is 0.319. The topological polar surface area (TPSA) is 0 Å². The molecule has 0 bridgehead atoms. The van der Waals surface area contributed by atoms with Crippen molar-refractivity contribution in [3.05, 3.63) is 169 Å². The molecule has 0 amide bonds. The number of rotatable bonds is 19. The van der Waals surface area contributed by atoms with E-state index in [1.54, 1.807) is 10.6 Å². The molecule has 49 heavy (non-hydrogen) atoms. The predicted octanol–water partition coefficient (Wildman–Crippen LogP) is 11.5. The van der Waals surface area contributed by atoms with Gasteiger partial charge >= 0.3 is 301 Å². The van der Waals surface area contributed by atoms with Gasteiger partial charge in [-0.15, -0.1) is 0 Å². The van der Waals surface area contributed by atoms with Crippen LogP contribution >= 0.6 is 14.5 Å². The number of allylic oxidation sites excluding steroid dienone is 8. The molecule has 0 atom stereocenters. The van der Waals surface area contributed by atoms with Crippen molar-refractivity contribution in [3.63, 3.8) is 0 Å². The Balaban J connectivity index is 1.20. The minimum atomic E-state index is -2.11. The standard InChI is InChI=1S/C47H60P2/c1-42(2)28-14-13-26-40-48(43-29-15-8-16-30-43,44-31-17-9-18-32-44)39-25-6-4-3-5-7-27-41-49(45-33-19-10-20-34-45,46-35-21-11-22-36-46)47-37-23-12-24-38-47/h8,10-17,19-24,26,28-38,42,48-49H,3-7,9,18,25,27,39-41H2,1-2H3/b26-13-,28-14-. The summed E-state index contributed by atoms with van der Waals surface area (Å²) < 4.78 is 0. The second kappa shape index (κ2) is 19.8. The van der Waals surface area contributed by atoms with Gasteiger partial charge in [0.2, 0.25) is 0 Å². The summed E-state index contributed by atoms with van der Waals surface area (Å²) in [7, 11) is -4.00. The maximum absolute atomic E-state index is 2.58. The molecule has 0 saturated heterocycles. The summed E-state index contributed by atoms with van der Waals surface area (Å²) in [6.45, 7) is 4.50. The summed E-state index contributed by atoms with van der Waals surface area (Å²) in [5, 5.41) is 7.87. The molecule has 0 aliphatic heterocycles. The predicted molar refractivity (Wildman–Crippen MR) is 227 cm³/mol. The Morgan fingerprint density at radius 1 is 0.531 bits per heavy atom. The molecule has 0 heterocycles. The molecular formula is C47H60P2. The van der Waals surface area contributed by atoms with Crippen LogP contribution in [-0.4, -0.2) is 18.5 Å². The van der Waals surface area contributed by atoms with Crippen LogP contribution in [-0.2, 0) is 0 Å². The zero-order valence-electron chi connectivity index (χ0n) is 30.2. The van der Waals surface area contributed by atoms with Crippen LogP contribution in [0, 0.1) is 5.92 Å². The van der Waals surface area contributed by atoms with E-state index in [0.717, 1.165) is 0 Å². The second-order valence-corrected chi connectivity index (χ2v) is 22.6. The Morgan fingerprint density at radius 2 is 1.00 bits per heavy atom. The van der Waals surface area contributed by atoms with E-state index in [1.807, 2.05) is 0 Å². The molecule has 1 aliphatic carbocycles. The fourth-order valence-corrected chi connectivity index (χ4v) is 17.7. The van der Waals surface area contributed by atoms with Gasteiger partial charge < -0.3 is 0 Å². The Labute approximate surface area is 299 Å². The molecule has 258 valence electrons. The first kappa shape index (κ1) is 37.0. The molecule has 0 aromatic heterocycles. The Hall–Kier alpha value is -3.30. The summed E-state index contributed by atoms with van der Waals surface area (Å²) >= 11 is 0. The Bertz CT molecular complexity index is 1520. The van der Waals surface area contributed by atoms with Gasteiger partial charge in [-0.05, 0) is 0 Å². The van der Waals surface area contributed by atoms with E-state index < -0.39 is 14.5 Å². The average molecular weight is 687 g/mol. The number of benzene rings is 4. The molecule has 1 aliphatic rings. The first-order valence-electron chi connectivity index (χ1n) is 19.1. The van der Waals surface area contributed by atoms with E-state index in [4.69, 9.17) is 0 Å². The third-order valence-electron chi connectivity index (χ3n) is 10.5. The monoisotopic (exact) mass is 686 g/mol. The third-order valence-corrected chi connectivity index (χ3v) is 20.7. The zero-order chi connectivity index (χ0) is 34.0. The summed E-state index contributed by atoms with van der Waals surface area (Å²) in [6, 6.07) is 45.8. The normalized spacial score (nSPS) is 14.5. The first-order valence-corrected chi connectivity index (χ1v) is 23.7. The third kappa shape index (κ3) is 10.1. The van der Waals surface area contributed by atoms with Gasteiger partial charge in [0.05, 0.1) is 0 Å². The van der Waals surface area contributed by atoms with Gasteiger partial charge in [-0.3, -0.25) is 0 Å². The van der Waals surface area contributed by atoms with Crippen molar-refractivity contribution in [1.29, 1.82) is 0 Å². The van der Waals surface area contributed by atoms with Gasteiger partial charge in [0, 0.05) is 0 Å². The first-order chi connectivity index (χ1) is 24.1. The van der Waals surface area contributed by atoms with Crippen LogP contribution in [0.25, 0.3) is 0 Å². The van der Waals surface area contributed by atoms with E-state index in [9.17, 15) is 0 Å². The van der Waals surface area contributed by atoms with Crippen LogP contribution in [0.15, 0.2) is 169 Å². The van der Waals surface area contributed by atoms with E-state index in [-0.39, 0.29) is 0 Å². The van der Waals surface area contributed by atoms with Crippen molar-refractivity contribution >= 4 is 35.7 Å². The van der Waals surface area contributed by atoms with Crippen molar-refractivity contribution < 1.29 is 0 Å². The SMILES string of the molecule is CC(C)/C=C\C=C/C[PH](CCCCCCCCC[PH](c1ccccc1)(c1ccccc1)c1ccccc1)(C1=CCCC=C1)c1ccccc1. The number of unbranched alkanes of at least 4 members (excludes halogenated alkanes) is 6. The van der Waals surface area contributed by atoms with Gasteiger partial charge in [-0.1, -0.05) is 0 Å². The molecule has 0 radical (unpaired) electrons. The van der Waals surface area contributed by atoms with Gasteiger partial charge in [0.1, 0.15) is 0 Å². The molecule has 0 nitrogen and oxygen atoms in total. The quantitative estimate of drug-likeness (QED) is 0.0523. The summed E-state index contributed by atoms with van der Waals surface area (Å²) in [5.41, 5.74) is 0. The van der Waals surface area contributed by atoms with Crippen molar-refractivity contribution in [1.82, 2.24) is 0 Å². The molecule has 0 saturated carbocycles. The molecule has 0 unspecified atom stereocenters. The Kier molecular flexibility index (Phi) is 14.9. The summed E-state index contributed by atoms with van der Waals surface area (Å²) in [4.78, 5) is 0. The van der Waals surface area contributed by atoms with Crippen molar-refractivity contribution in [3.8, 4) is 0 Å². The van der Waals surface area contributed by atoms with Gasteiger partial charge in [0.15, 0.2) is 0 Å². The summed E-state index contributed by atoms with van der Waals surface area (Å²) in [6.07, 6.45) is 32.3. The van der Waals surface area contributed by atoms with E-state index >= 15 is 0 Å². The van der Waals surface area contributed by atoms with E-state index in [2.05, 4.69) is 178 Å². The summed E-state index contributed by atoms with van der Waals surface area (Å²) in [5.74, 6) is 0.589. The van der Waals surface area contributed by atoms with Crippen molar-refractivity contribution in [2.24, 2.45) is 5.92 Å². The zero-order valence-corrected chi connectivity index (χ0v) is 32.2. The fourth-order valence-electron chi connectivity index (χ4n) is 7.95.